The quantitative estimate of drug-likeness (QED) is 0.714. The molecule has 0 aromatic carbocycles. The van der Waals surface area contributed by atoms with Gasteiger partial charge in [0.1, 0.15) is 5.75 Å². The Bertz CT molecular complexity index is 223. The molecule has 0 amide bonds. The van der Waals surface area contributed by atoms with E-state index < -0.39 is 0 Å². The SMILES string of the molecule is CC.CCCOc1ccnc(C)c1. The Morgan fingerprint density at radius 1 is 1.38 bits per heavy atom. The van der Waals surface area contributed by atoms with Gasteiger partial charge in [0, 0.05) is 18.0 Å². The molecule has 0 N–H and O–H groups in total. The second kappa shape index (κ2) is 7.59. The Hall–Kier alpha value is -1.05. The maximum absolute atomic E-state index is 5.40. The number of pyridine rings is 1. The van der Waals surface area contributed by atoms with Gasteiger partial charge in [0.25, 0.3) is 0 Å². The first-order valence-corrected chi connectivity index (χ1v) is 4.88. The number of aryl methyl sites for hydroxylation is 1. The van der Waals surface area contributed by atoms with Crippen LogP contribution >= 0.6 is 0 Å². The largest absolute Gasteiger partial charge is 0.493 e. The van der Waals surface area contributed by atoms with Crippen LogP contribution in [0.5, 0.6) is 5.75 Å². The highest BCUT2D eigenvalue weighted by atomic mass is 16.5. The van der Waals surface area contributed by atoms with E-state index in [4.69, 9.17) is 4.74 Å². The van der Waals surface area contributed by atoms with Crippen LogP contribution in [0, 0.1) is 6.92 Å². The van der Waals surface area contributed by atoms with Gasteiger partial charge in [0.15, 0.2) is 0 Å². The Morgan fingerprint density at radius 2 is 2.08 bits per heavy atom. The Kier molecular flexibility index (Phi) is 6.98. The van der Waals surface area contributed by atoms with Crippen molar-refractivity contribution in [2.45, 2.75) is 34.1 Å². The molecule has 2 nitrogen and oxygen atoms in total. The fourth-order valence-corrected chi connectivity index (χ4v) is 0.829. The molecule has 0 saturated carbocycles. The molecule has 74 valence electrons. The highest BCUT2D eigenvalue weighted by molar-refractivity contribution is 5.21. The summed E-state index contributed by atoms with van der Waals surface area (Å²) in [5.74, 6) is 0.916. The van der Waals surface area contributed by atoms with Crippen LogP contribution in [0.2, 0.25) is 0 Å². The number of aromatic nitrogens is 1. The van der Waals surface area contributed by atoms with Crippen molar-refractivity contribution in [3.8, 4) is 5.75 Å². The molecule has 2 heteroatoms. The lowest BCUT2D eigenvalue weighted by atomic mass is 10.3. The van der Waals surface area contributed by atoms with E-state index in [1.165, 1.54) is 0 Å². The van der Waals surface area contributed by atoms with Crippen LogP contribution in [-0.4, -0.2) is 11.6 Å². The molecule has 0 aliphatic carbocycles. The summed E-state index contributed by atoms with van der Waals surface area (Å²) in [7, 11) is 0. The summed E-state index contributed by atoms with van der Waals surface area (Å²) in [5.41, 5.74) is 0.999. The van der Waals surface area contributed by atoms with Gasteiger partial charge in [-0.3, -0.25) is 4.98 Å². The Morgan fingerprint density at radius 3 is 2.62 bits per heavy atom. The third kappa shape index (κ3) is 5.23. The maximum Gasteiger partial charge on any atom is 0.122 e. The van der Waals surface area contributed by atoms with Crippen molar-refractivity contribution in [3.05, 3.63) is 24.0 Å². The number of hydrogen-bond donors (Lipinski definition) is 0. The molecule has 0 radical (unpaired) electrons. The first kappa shape index (κ1) is 11.9. The molecule has 0 unspecified atom stereocenters. The standard InChI is InChI=1S/C9H13NO.C2H6/c1-3-6-11-9-4-5-10-8(2)7-9;1-2/h4-5,7H,3,6H2,1-2H3;1-2H3. The van der Waals surface area contributed by atoms with E-state index in [1.807, 2.05) is 32.9 Å². The lowest BCUT2D eigenvalue weighted by molar-refractivity contribution is 0.317. The molecule has 0 saturated heterocycles. The van der Waals surface area contributed by atoms with Gasteiger partial charge in [-0.2, -0.15) is 0 Å². The number of nitrogens with zero attached hydrogens (tertiary/aromatic N) is 1. The van der Waals surface area contributed by atoms with Crippen LogP contribution in [0.3, 0.4) is 0 Å². The molecule has 1 aromatic heterocycles. The third-order valence-electron chi connectivity index (χ3n) is 1.34. The van der Waals surface area contributed by atoms with Crippen molar-refractivity contribution in [2.75, 3.05) is 6.61 Å². The molecule has 0 fully saturated rings. The molecule has 0 bridgehead atoms. The van der Waals surface area contributed by atoms with Crippen LogP contribution in [0.4, 0.5) is 0 Å². The van der Waals surface area contributed by atoms with Crippen LogP contribution < -0.4 is 4.74 Å². The van der Waals surface area contributed by atoms with Gasteiger partial charge in [0.05, 0.1) is 6.61 Å². The van der Waals surface area contributed by atoms with Crippen LogP contribution in [0.1, 0.15) is 32.9 Å². The molecule has 0 aliphatic heterocycles. The average molecular weight is 181 g/mol. The lowest BCUT2D eigenvalue weighted by Gasteiger charge is -2.03. The van der Waals surface area contributed by atoms with E-state index >= 15 is 0 Å². The van der Waals surface area contributed by atoms with Gasteiger partial charge in [-0.15, -0.1) is 0 Å². The van der Waals surface area contributed by atoms with Crippen molar-refractivity contribution < 1.29 is 4.74 Å². The maximum atomic E-state index is 5.40. The normalized spacial score (nSPS) is 8.62. The lowest BCUT2D eigenvalue weighted by Crippen LogP contribution is -1.95. The summed E-state index contributed by atoms with van der Waals surface area (Å²) in [6.07, 6.45) is 2.81. The summed E-state index contributed by atoms with van der Waals surface area (Å²) in [4.78, 5) is 4.07. The molecule has 1 heterocycles. The van der Waals surface area contributed by atoms with Crippen molar-refractivity contribution in [2.24, 2.45) is 0 Å². The zero-order valence-corrected chi connectivity index (χ0v) is 9.00. The summed E-state index contributed by atoms with van der Waals surface area (Å²) in [6, 6.07) is 3.82. The van der Waals surface area contributed by atoms with Gasteiger partial charge in [-0.1, -0.05) is 20.8 Å². The molecular formula is C11H19NO. The van der Waals surface area contributed by atoms with Gasteiger partial charge in [0.2, 0.25) is 0 Å². The van der Waals surface area contributed by atoms with E-state index in [-0.39, 0.29) is 0 Å². The minimum Gasteiger partial charge on any atom is -0.493 e. The molecule has 0 atom stereocenters. The highest BCUT2D eigenvalue weighted by Gasteiger charge is 1.91. The van der Waals surface area contributed by atoms with Crippen LogP contribution in [0.25, 0.3) is 0 Å². The molecule has 1 rings (SSSR count). The zero-order valence-electron chi connectivity index (χ0n) is 9.00. The van der Waals surface area contributed by atoms with Gasteiger partial charge in [-0.05, 0) is 19.4 Å². The van der Waals surface area contributed by atoms with E-state index in [0.29, 0.717) is 0 Å². The van der Waals surface area contributed by atoms with Crippen molar-refractivity contribution in [1.82, 2.24) is 4.98 Å². The second-order valence-corrected chi connectivity index (χ2v) is 2.48. The van der Waals surface area contributed by atoms with E-state index in [1.54, 1.807) is 6.20 Å². The van der Waals surface area contributed by atoms with Crippen molar-refractivity contribution in [3.63, 3.8) is 0 Å². The van der Waals surface area contributed by atoms with Gasteiger partial charge >= 0.3 is 0 Å². The zero-order chi connectivity index (χ0) is 10.1. The van der Waals surface area contributed by atoms with E-state index in [9.17, 15) is 0 Å². The van der Waals surface area contributed by atoms with Crippen molar-refractivity contribution in [1.29, 1.82) is 0 Å². The number of hydrogen-bond acceptors (Lipinski definition) is 2. The molecule has 0 spiro atoms. The van der Waals surface area contributed by atoms with Crippen LogP contribution in [-0.2, 0) is 0 Å². The fraction of sp³-hybridized carbons (Fsp3) is 0.545. The predicted molar refractivity (Wildman–Crippen MR) is 56.1 cm³/mol. The summed E-state index contributed by atoms with van der Waals surface area (Å²) < 4.78 is 5.40. The molecular weight excluding hydrogens is 162 g/mol. The molecule has 0 aliphatic rings. The first-order valence-electron chi connectivity index (χ1n) is 4.88. The number of rotatable bonds is 3. The second-order valence-electron chi connectivity index (χ2n) is 2.48. The minimum absolute atomic E-state index is 0.781. The minimum atomic E-state index is 0.781. The summed E-state index contributed by atoms with van der Waals surface area (Å²) in [6.45, 7) is 8.83. The topological polar surface area (TPSA) is 22.1 Å². The van der Waals surface area contributed by atoms with E-state index in [2.05, 4.69) is 11.9 Å². The smallest absolute Gasteiger partial charge is 0.122 e. The molecule has 13 heavy (non-hydrogen) atoms. The first-order chi connectivity index (χ1) is 6.33. The van der Waals surface area contributed by atoms with Crippen molar-refractivity contribution >= 4 is 0 Å². The van der Waals surface area contributed by atoms with Crippen LogP contribution in [0.15, 0.2) is 18.3 Å². The Balaban J connectivity index is 0.000000671. The fourth-order valence-electron chi connectivity index (χ4n) is 0.829. The predicted octanol–water partition coefficient (Wildman–Crippen LogP) is 3.21. The number of ether oxygens (including phenoxy) is 1. The van der Waals surface area contributed by atoms with Gasteiger partial charge < -0.3 is 4.74 Å². The Labute approximate surface area is 81.0 Å². The monoisotopic (exact) mass is 181 g/mol. The highest BCUT2D eigenvalue weighted by Crippen LogP contribution is 2.09. The van der Waals surface area contributed by atoms with E-state index in [0.717, 1.165) is 24.5 Å². The summed E-state index contributed by atoms with van der Waals surface area (Å²) >= 11 is 0. The van der Waals surface area contributed by atoms with Gasteiger partial charge in [-0.25, -0.2) is 0 Å². The molecule has 1 aromatic rings. The average Bonchev–Trinajstić information content (AvgIpc) is 2.18. The summed E-state index contributed by atoms with van der Waals surface area (Å²) in [5, 5.41) is 0. The third-order valence-corrected chi connectivity index (χ3v) is 1.34.